The Kier molecular flexibility index (Phi) is 7.27. The second-order valence-electron chi connectivity index (χ2n) is 8.06. The number of carbonyl (C=O) groups is 1. The molecule has 0 atom stereocenters. The topological polar surface area (TPSA) is 74.2 Å². The summed E-state index contributed by atoms with van der Waals surface area (Å²) in [5.41, 5.74) is 3.50. The summed E-state index contributed by atoms with van der Waals surface area (Å²) in [6.07, 6.45) is 0.986. The summed E-state index contributed by atoms with van der Waals surface area (Å²) >= 11 is 0. The maximum Gasteiger partial charge on any atom is 0.329 e. The molecule has 172 valence electrons. The van der Waals surface area contributed by atoms with Gasteiger partial charge in [-0.05, 0) is 59.0 Å². The molecule has 0 unspecified atom stereocenters. The first kappa shape index (κ1) is 22.8. The first-order valence-electron chi connectivity index (χ1n) is 11.1. The molecule has 6 nitrogen and oxygen atoms in total. The Bertz CT molecular complexity index is 1050. The van der Waals surface area contributed by atoms with Crippen LogP contribution in [0.5, 0.6) is 11.5 Å². The molecule has 1 saturated heterocycles. The van der Waals surface area contributed by atoms with E-state index in [1.807, 2.05) is 48.5 Å². The van der Waals surface area contributed by atoms with Crippen molar-refractivity contribution in [2.75, 3.05) is 26.4 Å². The van der Waals surface area contributed by atoms with Crippen LogP contribution in [0.1, 0.15) is 24.5 Å². The Balaban J connectivity index is 1.37. The molecule has 0 aromatic heterocycles. The Morgan fingerprint density at radius 2 is 1.64 bits per heavy atom. The van der Waals surface area contributed by atoms with Crippen molar-refractivity contribution in [3.63, 3.8) is 0 Å². The molecule has 0 saturated carbocycles. The van der Waals surface area contributed by atoms with Gasteiger partial charge in [-0.15, -0.1) is 0 Å². The van der Waals surface area contributed by atoms with Gasteiger partial charge in [0.05, 0.1) is 19.8 Å². The summed E-state index contributed by atoms with van der Waals surface area (Å²) in [6.45, 7) is 3.59. The summed E-state index contributed by atoms with van der Waals surface area (Å²) in [4.78, 5) is 10.9. The number of ether oxygens (including phenoxy) is 4. The van der Waals surface area contributed by atoms with E-state index in [9.17, 15) is 4.79 Å². The van der Waals surface area contributed by atoms with E-state index in [0.29, 0.717) is 19.8 Å². The van der Waals surface area contributed by atoms with E-state index in [4.69, 9.17) is 24.1 Å². The van der Waals surface area contributed by atoms with E-state index in [2.05, 4.69) is 31.2 Å². The van der Waals surface area contributed by atoms with Gasteiger partial charge in [-0.25, -0.2) is 4.79 Å². The molecular formula is C27H28O6. The smallest absolute Gasteiger partial charge is 0.329 e. The Labute approximate surface area is 193 Å². The summed E-state index contributed by atoms with van der Waals surface area (Å²) in [6, 6.07) is 23.9. The van der Waals surface area contributed by atoms with Crippen molar-refractivity contribution >= 4 is 5.97 Å². The molecule has 4 rings (SSSR count). The van der Waals surface area contributed by atoms with E-state index in [1.165, 1.54) is 0 Å². The highest BCUT2D eigenvalue weighted by molar-refractivity contribution is 5.68. The van der Waals surface area contributed by atoms with Crippen molar-refractivity contribution in [2.24, 2.45) is 0 Å². The Morgan fingerprint density at radius 1 is 0.939 bits per heavy atom. The summed E-state index contributed by atoms with van der Waals surface area (Å²) in [5.74, 6) is 0.617. The van der Waals surface area contributed by atoms with E-state index in [-0.39, 0.29) is 6.61 Å². The van der Waals surface area contributed by atoms with Crippen LogP contribution in [0.2, 0.25) is 0 Å². The molecule has 3 aromatic carbocycles. The molecule has 0 bridgehead atoms. The van der Waals surface area contributed by atoms with Crippen LogP contribution in [0.4, 0.5) is 0 Å². The number of rotatable bonds is 11. The zero-order valence-electron chi connectivity index (χ0n) is 18.7. The largest absolute Gasteiger partial charge is 0.494 e. The Morgan fingerprint density at radius 3 is 2.27 bits per heavy atom. The minimum absolute atomic E-state index is 0.346. The number of carboxylic acid groups (broad SMARTS) is 1. The molecule has 1 aliphatic heterocycles. The number of hydrogen-bond donors (Lipinski definition) is 1. The van der Waals surface area contributed by atoms with Gasteiger partial charge < -0.3 is 24.1 Å². The van der Waals surface area contributed by atoms with Gasteiger partial charge in [-0.1, -0.05) is 49.4 Å². The fraction of sp³-hybridized carbons (Fsp3) is 0.296. The lowest BCUT2D eigenvalue weighted by Gasteiger charge is -2.41. The quantitative estimate of drug-likeness (QED) is 0.443. The van der Waals surface area contributed by atoms with Crippen LogP contribution in [0.3, 0.4) is 0 Å². The molecule has 0 spiro atoms. The first-order valence-corrected chi connectivity index (χ1v) is 11.1. The maximum atomic E-state index is 10.9. The minimum atomic E-state index is -0.996. The molecule has 1 fully saturated rings. The fourth-order valence-corrected chi connectivity index (χ4v) is 3.65. The summed E-state index contributed by atoms with van der Waals surface area (Å²) in [5, 5.41) is 8.91. The zero-order chi connectivity index (χ0) is 23.1. The van der Waals surface area contributed by atoms with Crippen molar-refractivity contribution in [1.82, 2.24) is 0 Å². The van der Waals surface area contributed by atoms with Gasteiger partial charge in [-0.3, -0.25) is 0 Å². The summed E-state index contributed by atoms with van der Waals surface area (Å²) < 4.78 is 22.5. The maximum absolute atomic E-state index is 10.9. The van der Waals surface area contributed by atoms with Crippen molar-refractivity contribution < 1.29 is 28.8 Å². The lowest BCUT2D eigenvalue weighted by Crippen LogP contribution is -2.49. The van der Waals surface area contributed by atoms with Gasteiger partial charge in [-0.2, -0.15) is 0 Å². The molecular weight excluding hydrogens is 420 g/mol. The molecule has 0 radical (unpaired) electrons. The first-order chi connectivity index (χ1) is 16.1. The van der Waals surface area contributed by atoms with E-state index in [0.717, 1.165) is 46.8 Å². The Hall–Kier alpha value is -3.35. The third kappa shape index (κ3) is 5.72. The zero-order valence-corrected chi connectivity index (χ0v) is 18.7. The van der Waals surface area contributed by atoms with E-state index >= 15 is 0 Å². The predicted octanol–water partition coefficient (Wildman–Crippen LogP) is 5.05. The average Bonchev–Trinajstić information content (AvgIpc) is 2.82. The second kappa shape index (κ2) is 10.5. The number of benzene rings is 3. The van der Waals surface area contributed by atoms with Gasteiger partial charge in [0.2, 0.25) is 0 Å². The molecule has 1 N–H and O–H groups in total. The lowest BCUT2D eigenvalue weighted by atomic mass is 9.91. The van der Waals surface area contributed by atoms with Crippen LogP contribution in [0.25, 0.3) is 11.1 Å². The molecule has 3 aromatic rings. The monoisotopic (exact) mass is 448 g/mol. The van der Waals surface area contributed by atoms with Crippen molar-refractivity contribution in [1.29, 1.82) is 0 Å². The molecule has 1 aliphatic rings. The van der Waals surface area contributed by atoms with Gasteiger partial charge in [0.25, 0.3) is 0 Å². The van der Waals surface area contributed by atoms with Gasteiger partial charge in [0.15, 0.2) is 0 Å². The van der Waals surface area contributed by atoms with Crippen molar-refractivity contribution in [2.45, 2.75) is 25.6 Å². The molecule has 0 aliphatic carbocycles. The SMILES string of the molecule is CCCOc1ccc(-c2cccc(COc3ccc(C4(OCC(=O)O)COC4)cc3)c2)cc1. The van der Waals surface area contributed by atoms with Crippen molar-refractivity contribution in [3.05, 3.63) is 83.9 Å². The third-order valence-electron chi connectivity index (χ3n) is 5.52. The van der Waals surface area contributed by atoms with Crippen LogP contribution in [0.15, 0.2) is 72.8 Å². The van der Waals surface area contributed by atoms with Crippen LogP contribution < -0.4 is 9.47 Å². The standard InChI is InChI=1S/C27H28O6/c1-2-14-31-24-10-6-21(7-11-24)22-5-3-4-20(15-22)16-32-25-12-8-23(9-13-25)27(18-30-19-27)33-17-26(28)29/h3-13,15H,2,14,16-19H2,1H3,(H,28,29). The number of aliphatic carboxylic acids is 1. The van der Waals surface area contributed by atoms with Gasteiger partial charge >= 0.3 is 5.97 Å². The highest BCUT2D eigenvalue weighted by Crippen LogP contribution is 2.34. The van der Waals surface area contributed by atoms with Crippen LogP contribution in [-0.4, -0.2) is 37.5 Å². The van der Waals surface area contributed by atoms with Crippen LogP contribution in [-0.2, 0) is 26.5 Å². The summed E-state index contributed by atoms with van der Waals surface area (Å²) in [7, 11) is 0. The average molecular weight is 449 g/mol. The number of hydrogen-bond acceptors (Lipinski definition) is 5. The number of carboxylic acids is 1. The van der Waals surface area contributed by atoms with E-state index < -0.39 is 11.6 Å². The molecule has 33 heavy (non-hydrogen) atoms. The molecule has 1 heterocycles. The fourth-order valence-electron chi connectivity index (χ4n) is 3.65. The highest BCUT2D eigenvalue weighted by atomic mass is 16.6. The van der Waals surface area contributed by atoms with Crippen LogP contribution >= 0.6 is 0 Å². The molecule has 0 amide bonds. The van der Waals surface area contributed by atoms with Gasteiger partial charge in [0, 0.05) is 0 Å². The third-order valence-corrected chi connectivity index (χ3v) is 5.52. The van der Waals surface area contributed by atoms with Crippen molar-refractivity contribution in [3.8, 4) is 22.6 Å². The normalized spacial score (nSPS) is 14.3. The molecule has 6 heteroatoms. The van der Waals surface area contributed by atoms with E-state index in [1.54, 1.807) is 0 Å². The van der Waals surface area contributed by atoms with Gasteiger partial charge in [0.1, 0.15) is 30.3 Å². The lowest BCUT2D eigenvalue weighted by molar-refractivity contribution is -0.220. The highest BCUT2D eigenvalue weighted by Gasteiger charge is 2.42. The second-order valence-corrected chi connectivity index (χ2v) is 8.06. The van der Waals surface area contributed by atoms with Crippen LogP contribution in [0, 0.1) is 0 Å². The predicted molar refractivity (Wildman–Crippen MR) is 125 cm³/mol. The minimum Gasteiger partial charge on any atom is -0.494 e.